The van der Waals surface area contributed by atoms with Crippen LogP contribution in [0.25, 0.3) is 0 Å². The number of hydrogen-bond donors (Lipinski definition) is 2. The van der Waals surface area contributed by atoms with Crippen LogP contribution in [0.4, 0.5) is 0 Å². The predicted molar refractivity (Wildman–Crippen MR) is 58.3 cm³/mol. The molecule has 0 bridgehead atoms. The average molecular weight is 198 g/mol. The maximum Gasteiger partial charge on any atom is 0.0908 e. The van der Waals surface area contributed by atoms with Gasteiger partial charge in [0, 0.05) is 6.42 Å². The first-order valence-electron chi connectivity index (χ1n) is 5.87. The third-order valence-electron chi connectivity index (χ3n) is 2.82. The molecular formula is C12H22O2. The van der Waals surface area contributed by atoms with Gasteiger partial charge in [0.1, 0.15) is 0 Å². The molecule has 1 rings (SSSR count). The Morgan fingerprint density at radius 2 is 1.50 bits per heavy atom. The zero-order valence-corrected chi connectivity index (χ0v) is 8.91. The molecule has 0 saturated carbocycles. The highest BCUT2D eigenvalue weighted by atomic mass is 16.3. The van der Waals surface area contributed by atoms with Gasteiger partial charge in [-0.2, -0.15) is 0 Å². The molecule has 82 valence electrons. The van der Waals surface area contributed by atoms with Crippen molar-refractivity contribution in [1.82, 2.24) is 0 Å². The molecule has 1 aliphatic carbocycles. The molecule has 1 atom stereocenters. The summed E-state index contributed by atoms with van der Waals surface area (Å²) in [6, 6.07) is 0. The van der Waals surface area contributed by atoms with Crippen LogP contribution >= 0.6 is 0 Å². The summed E-state index contributed by atoms with van der Waals surface area (Å²) in [5, 5.41) is 19.0. The van der Waals surface area contributed by atoms with Crippen molar-refractivity contribution in [3.05, 3.63) is 11.8 Å². The lowest BCUT2D eigenvalue weighted by Gasteiger charge is -2.09. The Labute approximate surface area is 86.6 Å². The summed E-state index contributed by atoms with van der Waals surface area (Å²) < 4.78 is 0. The van der Waals surface area contributed by atoms with Crippen LogP contribution in [0.3, 0.4) is 0 Å². The van der Waals surface area contributed by atoms with Crippen molar-refractivity contribution in [3.8, 4) is 0 Å². The van der Waals surface area contributed by atoms with E-state index in [4.69, 9.17) is 0 Å². The molecule has 0 fully saturated rings. The number of hydrogen-bond acceptors (Lipinski definition) is 2. The highest BCUT2D eigenvalue weighted by Gasteiger charge is 2.04. The lowest BCUT2D eigenvalue weighted by molar-refractivity contribution is 0.200. The quantitative estimate of drug-likeness (QED) is 0.627. The van der Waals surface area contributed by atoms with Crippen molar-refractivity contribution in [2.45, 2.75) is 63.9 Å². The van der Waals surface area contributed by atoms with Crippen molar-refractivity contribution in [2.24, 2.45) is 0 Å². The normalized spacial score (nSPS) is 30.9. The predicted octanol–water partition coefficient (Wildman–Crippen LogP) is 3.31. The van der Waals surface area contributed by atoms with Gasteiger partial charge in [0.05, 0.1) is 11.9 Å². The highest BCUT2D eigenvalue weighted by Crippen LogP contribution is 2.15. The van der Waals surface area contributed by atoms with E-state index in [9.17, 15) is 10.2 Å². The maximum absolute atomic E-state index is 9.53. The Bertz CT molecular complexity index is 175. The van der Waals surface area contributed by atoms with E-state index in [1.54, 1.807) is 6.08 Å². The Morgan fingerprint density at radius 3 is 2.21 bits per heavy atom. The van der Waals surface area contributed by atoms with Gasteiger partial charge in [-0.15, -0.1) is 0 Å². The molecule has 0 saturated heterocycles. The molecule has 0 spiro atoms. The summed E-state index contributed by atoms with van der Waals surface area (Å²) >= 11 is 0. The van der Waals surface area contributed by atoms with Gasteiger partial charge >= 0.3 is 0 Å². The highest BCUT2D eigenvalue weighted by molar-refractivity contribution is 4.95. The summed E-state index contributed by atoms with van der Waals surface area (Å²) in [6.45, 7) is 0. The Hall–Kier alpha value is -0.500. The van der Waals surface area contributed by atoms with Gasteiger partial charge in [-0.25, -0.2) is 0 Å². The van der Waals surface area contributed by atoms with Crippen LogP contribution in [0.15, 0.2) is 11.8 Å². The summed E-state index contributed by atoms with van der Waals surface area (Å²) in [4.78, 5) is 0. The molecule has 0 heterocycles. The second-order valence-corrected chi connectivity index (χ2v) is 4.24. The van der Waals surface area contributed by atoms with Crippen LogP contribution in [-0.4, -0.2) is 16.3 Å². The molecule has 1 unspecified atom stereocenters. The first-order valence-corrected chi connectivity index (χ1v) is 5.87. The van der Waals surface area contributed by atoms with Gasteiger partial charge in [-0.3, -0.25) is 0 Å². The monoisotopic (exact) mass is 198 g/mol. The molecule has 14 heavy (non-hydrogen) atoms. The van der Waals surface area contributed by atoms with Crippen LogP contribution in [0.2, 0.25) is 0 Å². The summed E-state index contributed by atoms with van der Waals surface area (Å²) in [7, 11) is 0. The van der Waals surface area contributed by atoms with Crippen LogP contribution < -0.4 is 0 Å². The van der Waals surface area contributed by atoms with Crippen molar-refractivity contribution < 1.29 is 10.2 Å². The van der Waals surface area contributed by atoms with E-state index in [-0.39, 0.29) is 0 Å². The number of rotatable bonds is 0. The first kappa shape index (κ1) is 11.6. The molecule has 2 nitrogen and oxygen atoms in total. The first-order chi connectivity index (χ1) is 6.79. The van der Waals surface area contributed by atoms with E-state index < -0.39 is 6.10 Å². The van der Waals surface area contributed by atoms with Crippen molar-refractivity contribution in [3.63, 3.8) is 0 Å². The molecule has 2 N–H and O–H groups in total. The Morgan fingerprint density at radius 1 is 0.929 bits per heavy atom. The molecule has 0 aromatic carbocycles. The van der Waals surface area contributed by atoms with E-state index >= 15 is 0 Å². The van der Waals surface area contributed by atoms with Gasteiger partial charge in [0.15, 0.2) is 0 Å². The lowest BCUT2D eigenvalue weighted by atomic mass is 10.0. The molecule has 0 aromatic rings. The van der Waals surface area contributed by atoms with E-state index in [0.29, 0.717) is 5.76 Å². The minimum atomic E-state index is -0.436. The fourth-order valence-electron chi connectivity index (χ4n) is 1.93. The number of aliphatic hydroxyl groups excluding tert-OH is 2. The fraction of sp³-hybridized carbons (Fsp3) is 0.833. The largest absolute Gasteiger partial charge is 0.513 e. The van der Waals surface area contributed by atoms with Gasteiger partial charge < -0.3 is 10.2 Å². The van der Waals surface area contributed by atoms with E-state index in [2.05, 4.69) is 0 Å². The van der Waals surface area contributed by atoms with Crippen LogP contribution in [0, 0.1) is 0 Å². The van der Waals surface area contributed by atoms with Crippen molar-refractivity contribution in [1.29, 1.82) is 0 Å². The van der Waals surface area contributed by atoms with E-state index in [1.165, 1.54) is 32.1 Å². The third-order valence-corrected chi connectivity index (χ3v) is 2.82. The summed E-state index contributed by atoms with van der Waals surface area (Å²) in [5.41, 5.74) is 0. The second-order valence-electron chi connectivity index (χ2n) is 4.24. The van der Waals surface area contributed by atoms with Crippen molar-refractivity contribution in [2.75, 3.05) is 0 Å². The van der Waals surface area contributed by atoms with E-state index in [0.717, 1.165) is 25.7 Å². The fourth-order valence-corrected chi connectivity index (χ4v) is 1.93. The zero-order valence-electron chi connectivity index (χ0n) is 8.91. The SMILES string of the molecule is O/C1=C/C(O)CCCCCCCCC1. The maximum atomic E-state index is 9.53. The summed E-state index contributed by atoms with van der Waals surface area (Å²) in [6.07, 6.45) is 11.1. The third kappa shape index (κ3) is 5.28. The van der Waals surface area contributed by atoms with Crippen LogP contribution in [0.5, 0.6) is 0 Å². The average Bonchev–Trinajstić information content (AvgIpc) is 2.13. The molecule has 0 aliphatic heterocycles. The minimum absolute atomic E-state index is 0.373. The minimum Gasteiger partial charge on any atom is -0.513 e. The van der Waals surface area contributed by atoms with Gasteiger partial charge in [0.2, 0.25) is 0 Å². The van der Waals surface area contributed by atoms with Crippen LogP contribution in [-0.2, 0) is 0 Å². The molecule has 2 heteroatoms. The molecule has 0 amide bonds. The lowest BCUT2D eigenvalue weighted by Crippen LogP contribution is -2.04. The molecule has 0 aromatic heterocycles. The van der Waals surface area contributed by atoms with Gasteiger partial charge in [-0.1, -0.05) is 38.5 Å². The topological polar surface area (TPSA) is 40.5 Å². The standard InChI is InChI=1S/C12H22O2/c13-11-8-6-4-2-1-3-5-7-9-12(14)10-11/h10-11,13-14H,1-9H2/b12-10+. The van der Waals surface area contributed by atoms with Gasteiger partial charge in [-0.05, 0) is 18.9 Å². The number of aliphatic hydroxyl groups is 2. The van der Waals surface area contributed by atoms with Crippen molar-refractivity contribution >= 4 is 0 Å². The van der Waals surface area contributed by atoms with Gasteiger partial charge in [0.25, 0.3) is 0 Å². The van der Waals surface area contributed by atoms with Crippen LogP contribution in [0.1, 0.15) is 57.8 Å². The van der Waals surface area contributed by atoms with E-state index in [1.807, 2.05) is 0 Å². The Kier molecular flexibility index (Phi) is 5.69. The molecule has 1 aliphatic rings. The smallest absolute Gasteiger partial charge is 0.0908 e. The zero-order chi connectivity index (χ0) is 10.2. The second kappa shape index (κ2) is 6.88. The number of allylic oxidation sites excluding steroid dienone is 1. The molecular weight excluding hydrogens is 176 g/mol. The Balaban J connectivity index is 2.36. The summed E-state index contributed by atoms with van der Waals surface area (Å²) in [5.74, 6) is 0.373. The molecule has 0 radical (unpaired) electrons.